The van der Waals surface area contributed by atoms with Gasteiger partial charge in [0.05, 0.1) is 17.7 Å². The number of hydrogen-bond acceptors (Lipinski definition) is 6. The van der Waals surface area contributed by atoms with E-state index < -0.39 is 0 Å². The fraction of sp³-hybridized carbons (Fsp3) is 0.500. The third-order valence-corrected chi connectivity index (χ3v) is 5.72. The van der Waals surface area contributed by atoms with Crippen molar-refractivity contribution >= 4 is 11.7 Å². The van der Waals surface area contributed by atoms with E-state index in [0.29, 0.717) is 42.7 Å². The van der Waals surface area contributed by atoms with Gasteiger partial charge in [-0.25, -0.2) is 4.98 Å². The standard InChI is InChI=1S/C20H24N6O2/c1-25-17(4-9-23-25)20(27)26-10-5-14(6-11-26)18-16(7-12-28-18)24-19-15(13-21)3-2-8-22-19/h2-4,8-9,14,16,18H,5-7,10-12H2,1H3,(H,22,24)/t16-,18+/m1/s1. The summed E-state index contributed by atoms with van der Waals surface area (Å²) in [6.07, 6.45) is 6.11. The quantitative estimate of drug-likeness (QED) is 0.869. The summed E-state index contributed by atoms with van der Waals surface area (Å²) in [5.74, 6) is 1.03. The Morgan fingerprint density at radius 1 is 1.29 bits per heavy atom. The Hall–Kier alpha value is -2.92. The number of carbonyl (C=O) groups is 1. The number of ether oxygens (including phenoxy) is 1. The molecule has 0 saturated carbocycles. The van der Waals surface area contributed by atoms with Gasteiger partial charge in [0.25, 0.3) is 5.91 Å². The summed E-state index contributed by atoms with van der Waals surface area (Å²) in [6.45, 7) is 2.13. The predicted molar refractivity (Wildman–Crippen MR) is 103 cm³/mol. The van der Waals surface area contributed by atoms with Crippen molar-refractivity contribution in [2.24, 2.45) is 13.0 Å². The van der Waals surface area contributed by atoms with E-state index in [-0.39, 0.29) is 18.1 Å². The maximum Gasteiger partial charge on any atom is 0.272 e. The van der Waals surface area contributed by atoms with Gasteiger partial charge in [0, 0.05) is 39.1 Å². The molecule has 4 rings (SSSR count). The molecule has 28 heavy (non-hydrogen) atoms. The summed E-state index contributed by atoms with van der Waals surface area (Å²) >= 11 is 0. The first-order valence-corrected chi connectivity index (χ1v) is 9.68. The summed E-state index contributed by atoms with van der Waals surface area (Å²) in [5.41, 5.74) is 1.17. The molecule has 0 unspecified atom stereocenters. The molecule has 0 bridgehead atoms. The minimum Gasteiger partial charge on any atom is -0.376 e. The van der Waals surface area contributed by atoms with E-state index in [1.807, 2.05) is 4.90 Å². The number of hydrogen-bond donors (Lipinski definition) is 1. The number of aryl methyl sites for hydroxylation is 1. The van der Waals surface area contributed by atoms with Gasteiger partial charge in [0.2, 0.25) is 0 Å². The molecular weight excluding hydrogens is 356 g/mol. The highest BCUT2D eigenvalue weighted by molar-refractivity contribution is 5.92. The second kappa shape index (κ2) is 7.98. The summed E-state index contributed by atoms with van der Waals surface area (Å²) < 4.78 is 7.67. The molecule has 146 valence electrons. The zero-order valence-corrected chi connectivity index (χ0v) is 15.9. The Bertz CT molecular complexity index is 881. The summed E-state index contributed by atoms with van der Waals surface area (Å²) in [6, 6.07) is 7.60. The van der Waals surface area contributed by atoms with Gasteiger partial charge in [-0.2, -0.15) is 10.4 Å². The Morgan fingerprint density at radius 2 is 2.11 bits per heavy atom. The number of anilines is 1. The molecule has 2 aromatic rings. The average molecular weight is 380 g/mol. The SMILES string of the molecule is Cn1nccc1C(=O)N1CCC([C@@H]2OCC[C@H]2Nc2ncccc2C#N)CC1. The lowest BCUT2D eigenvalue weighted by molar-refractivity contribution is 0.0257. The van der Waals surface area contributed by atoms with Crippen LogP contribution in [0.3, 0.4) is 0 Å². The monoisotopic (exact) mass is 380 g/mol. The first-order valence-electron chi connectivity index (χ1n) is 9.68. The number of nitrogens with zero attached hydrogens (tertiary/aromatic N) is 5. The second-order valence-electron chi connectivity index (χ2n) is 7.36. The molecule has 8 nitrogen and oxygen atoms in total. The van der Waals surface area contributed by atoms with Crippen molar-refractivity contribution in [2.45, 2.75) is 31.4 Å². The highest BCUT2D eigenvalue weighted by Gasteiger charge is 2.38. The summed E-state index contributed by atoms with van der Waals surface area (Å²) in [7, 11) is 1.79. The zero-order chi connectivity index (χ0) is 19.5. The lowest BCUT2D eigenvalue weighted by Crippen LogP contribution is -2.45. The fourth-order valence-electron chi connectivity index (χ4n) is 4.19. The van der Waals surface area contributed by atoms with E-state index in [4.69, 9.17) is 4.74 Å². The van der Waals surface area contributed by atoms with Crippen LogP contribution in [0, 0.1) is 17.2 Å². The third-order valence-electron chi connectivity index (χ3n) is 5.72. The number of piperidine rings is 1. The van der Waals surface area contributed by atoms with Crippen LogP contribution in [0.2, 0.25) is 0 Å². The number of aromatic nitrogens is 3. The lowest BCUT2D eigenvalue weighted by Gasteiger charge is -2.36. The van der Waals surface area contributed by atoms with Gasteiger partial charge in [-0.3, -0.25) is 9.48 Å². The van der Waals surface area contributed by atoms with Crippen molar-refractivity contribution in [3.05, 3.63) is 41.9 Å². The van der Waals surface area contributed by atoms with Gasteiger partial charge < -0.3 is 15.0 Å². The van der Waals surface area contributed by atoms with Crippen LogP contribution in [-0.2, 0) is 11.8 Å². The normalized spacial score (nSPS) is 22.8. The highest BCUT2D eigenvalue weighted by atomic mass is 16.5. The lowest BCUT2D eigenvalue weighted by atomic mass is 9.87. The molecule has 0 aromatic carbocycles. The van der Waals surface area contributed by atoms with Crippen molar-refractivity contribution < 1.29 is 9.53 Å². The average Bonchev–Trinajstić information content (AvgIpc) is 3.37. The van der Waals surface area contributed by atoms with Gasteiger partial charge in [-0.05, 0) is 43.4 Å². The number of nitrogens with one attached hydrogen (secondary N) is 1. The molecule has 0 aliphatic carbocycles. The Labute approximate surface area is 164 Å². The van der Waals surface area contributed by atoms with Crippen LogP contribution in [0.25, 0.3) is 0 Å². The minimum atomic E-state index is 0.0348. The minimum absolute atomic E-state index is 0.0348. The molecule has 2 aliphatic rings. The molecule has 8 heteroatoms. The molecule has 4 heterocycles. The first kappa shape index (κ1) is 18.4. The number of pyridine rings is 1. The molecule has 0 spiro atoms. The Balaban J connectivity index is 1.38. The van der Waals surface area contributed by atoms with Gasteiger partial charge in [-0.15, -0.1) is 0 Å². The van der Waals surface area contributed by atoms with E-state index in [2.05, 4.69) is 21.5 Å². The highest BCUT2D eigenvalue weighted by Crippen LogP contribution is 2.31. The van der Waals surface area contributed by atoms with E-state index in [1.54, 1.807) is 42.3 Å². The van der Waals surface area contributed by atoms with E-state index in [9.17, 15) is 10.1 Å². The predicted octanol–water partition coefficient (Wildman–Crippen LogP) is 1.81. The van der Waals surface area contributed by atoms with Crippen molar-refractivity contribution in [3.63, 3.8) is 0 Å². The first-order chi connectivity index (χ1) is 13.7. The van der Waals surface area contributed by atoms with Crippen molar-refractivity contribution in [1.29, 1.82) is 5.26 Å². The number of rotatable bonds is 4. The van der Waals surface area contributed by atoms with Crippen LogP contribution in [0.15, 0.2) is 30.6 Å². The fourth-order valence-corrected chi connectivity index (χ4v) is 4.19. The van der Waals surface area contributed by atoms with E-state index >= 15 is 0 Å². The van der Waals surface area contributed by atoms with Crippen molar-refractivity contribution in [2.75, 3.05) is 25.0 Å². The van der Waals surface area contributed by atoms with Gasteiger partial charge >= 0.3 is 0 Å². The number of nitriles is 1. The molecule has 0 radical (unpaired) electrons. The van der Waals surface area contributed by atoms with Crippen molar-refractivity contribution in [1.82, 2.24) is 19.7 Å². The molecule has 1 amide bonds. The Kier molecular flexibility index (Phi) is 5.26. The molecule has 2 fully saturated rings. The maximum atomic E-state index is 12.7. The molecule has 2 saturated heterocycles. The van der Waals surface area contributed by atoms with Crippen molar-refractivity contribution in [3.8, 4) is 6.07 Å². The van der Waals surface area contributed by atoms with Crippen LogP contribution >= 0.6 is 0 Å². The van der Waals surface area contributed by atoms with Crippen LogP contribution < -0.4 is 5.32 Å². The molecular formula is C20H24N6O2. The molecule has 2 aromatic heterocycles. The topological polar surface area (TPSA) is 96.1 Å². The summed E-state index contributed by atoms with van der Waals surface area (Å²) in [4.78, 5) is 18.9. The third kappa shape index (κ3) is 3.58. The van der Waals surface area contributed by atoms with Crippen LogP contribution in [0.4, 0.5) is 5.82 Å². The maximum absolute atomic E-state index is 12.7. The summed E-state index contributed by atoms with van der Waals surface area (Å²) in [5, 5.41) is 16.8. The largest absolute Gasteiger partial charge is 0.376 e. The van der Waals surface area contributed by atoms with Crippen LogP contribution in [-0.4, -0.2) is 57.4 Å². The number of carbonyl (C=O) groups excluding carboxylic acids is 1. The molecule has 2 atom stereocenters. The van der Waals surface area contributed by atoms with E-state index in [1.165, 1.54) is 0 Å². The number of likely N-dealkylation sites (tertiary alicyclic amines) is 1. The Morgan fingerprint density at radius 3 is 2.82 bits per heavy atom. The van der Waals surface area contributed by atoms with Gasteiger partial charge in [0.1, 0.15) is 17.6 Å². The van der Waals surface area contributed by atoms with Gasteiger partial charge in [0.15, 0.2) is 0 Å². The number of amides is 1. The van der Waals surface area contributed by atoms with E-state index in [0.717, 1.165) is 19.3 Å². The second-order valence-corrected chi connectivity index (χ2v) is 7.36. The van der Waals surface area contributed by atoms with Crippen LogP contribution in [0.5, 0.6) is 0 Å². The molecule has 2 aliphatic heterocycles. The van der Waals surface area contributed by atoms with Crippen LogP contribution in [0.1, 0.15) is 35.3 Å². The molecule has 1 N–H and O–H groups in total. The smallest absolute Gasteiger partial charge is 0.272 e. The zero-order valence-electron chi connectivity index (χ0n) is 15.9. The van der Waals surface area contributed by atoms with Gasteiger partial charge in [-0.1, -0.05) is 0 Å².